The Morgan fingerprint density at radius 2 is 1.87 bits per heavy atom. The van der Waals surface area contributed by atoms with Crippen LogP contribution in [-0.4, -0.2) is 24.9 Å². The fourth-order valence-electron chi connectivity index (χ4n) is 2.41. The van der Waals surface area contributed by atoms with E-state index in [1.807, 2.05) is 60.3 Å². The average molecular weight is 303 g/mol. The van der Waals surface area contributed by atoms with E-state index in [2.05, 4.69) is 20.2 Å². The van der Waals surface area contributed by atoms with E-state index in [0.717, 1.165) is 16.8 Å². The second-order valence-corrected chi connectivity index (χ2v) is 5.06. The molecule has 0 saturated carbocycles. The first-order valence-corrected chi connectivity index (χ1v) is 7.15. The van der Waals surface area contributed by atoms with E-state index >= 15 is 0 Å². The van der Waals surface area contributed by atoms with Gasteiger partial charge in [-0.2, -0.15) is 10.1 Å². The van der Waals surface area contributed by atoms with Crippen LogP contribution in [0.25, 0.3) is 34.2 Å². The Morgan fingerprint density at radius 1 is 0.957 bits per heavy atom. The van der Waals surface area contributed by atoms with Gasteiger partial charge in [0.05, 0.1) is 5.69 Å². The smallest absolute Gasteiger partial charge is 0.276 e. The van der Waals surface area contributed by atoms with E-state index in [9.17, 15) is 0 Å². The van der Waals surface area contributed by atoms with Crippen molar-refractivity contribution in [3.8, 4) is 34.2 Å². The Balaban J connectivity index is 1.72. The summed E-state index contributed by atoms with van der Waals surface area (Å²) >= 11 is 0. The predicted octanol–water partition coefficient (Wildman–Crippen LogP) is 3.20. The van der Waals surface area contributed by atoms with E-state index < -0.39 is 0 Å². The molecule has 0 spiro atoms. The molecule has 1 aromatic carbocycles. The number of nitrogens with zero attached hydrogens (tertiary/aromatic N) is 5. The Bertz CT molecular complexity index is 942. The molecule has 0 saturated heterocycles. The van der Waals surface area contributed by atoms with E-state index in [-0.39, 0.29) is 0 Å². The summed E-state index contributed by atoms with van der Waals surface area (Å²) in [5, 5.41) is 8.26. The lowest BCUT2D eigenvalue weighted by atomic mass is 10.1. The van der Waals surface area contributed by atoms with Crippen molar-refractivity contribution in [2.24, 2.45) is 7.05 Å². The molecule has 0 N–H and O–H groups in total. The zero-order valence-electron chi connectivity index (χ0n) is 12.4. The average Bonchev–Trinajstić information content (AvgIpc) is 3.25. The van der Waals surface area contributed by atoms with Gasteiger partial charge in [-0.3, -0.25) is 9.67 Å². The van der Waals surface area contributed by atoms with Gasteiger partial charge in [-0.05, 0) is 24.3 Å². The van der Waals surface area contributed by atoms with Gasteiger partial charge in [-0.15, -0.1) is 0 Å². The van der Waals surface area contributed by atoms with Crippen LogP contribution < -0.4 is 0 Å². The topological polar surface area (TPSA) is 69.6 Å². The number of aryl methyl sites for hydroxylation is 1. The Hall–Kier alpha value is -3.28. The van der Waals surface area contributed by atoms with Crippen molar-refractivity contribution >= 4 is 0 Å². The summed E-state index contributed by atoms with van der Waals surface area (Å²) in [4.78, 5) is 8.65. The molecule has 6 nitrogen and oxygen atoms in total. The maximum atomic E-state index is 5.32. The molecule has 0 unspecified atom stereocenters. The van der Waals surface area contributed by atoms with Crippen molar-refractivity contribution in [3.63, 3.8) is 0 Å². The Morgan fingerprint density at radius 3 is 2.65 bits per heavy atom. The van der Waals surface area contributed by atoms with Crippen molar-refractivity contribution in [1.29, 1.82) is 0 Å². The Labute approximate surface area is 132 Å². The van der Waals surface area contributed by atoms with E-state index in [0.29, 0.717) is 17.4 Å². The van der Waals surface area contributed by atoms with Crippen LogP contribution in [0.1, 0.15) is 0 Å². The van der Waals surface area contributed by atoms with Crippen LogP contribution in [-0.2, 0) is 7.05 Å². The molecule has 23 heavy (non-hydrogen) atoms. The summed E-state index contributed by atoms with van der Waals surface area (Å²) in [5.41, 5.74) is 3.62. The standard InChI is InChI=1S/C17H13N5O/c1-22-15(8-10-19-22)12-5-4-6-13(11-12)16-20-17(23-21-16)14-7-2-3-9-18-14/h2-11H,1H3. The molecule has 0 bridgehead atoms. The molecular weight excluding hydrogens is 290 g/mol. The third-order valence-electron chi connectivity index (χ3n) is 3.55. The third kappa shape index (κ3) is 2.50. The number of benzene rings is 1. The number of hydrogen-bond acceptors (Lipinski definition) is 5. The normalized spacial score (nSPS) is 10.8. The molecule has 4 aromatic rings. The highest BCUT2D eigenvalue weighted by atomic mass is 16.5. The molecule has 3 aromatic heterocycles. The van der Waals surface area contributed by atoms with E-state index in [4.69, 9.17) is 4.52 Å². The van der Waals surface area contributed by atoms with Gasteiger partial charge in [0.2, 0.25) is 5.82 Å². The molecule has 6 heteroatoms. The summed E-state index contributed by atoms with van der Waals surface area (Å²) in [6.07, 6.45) is 3.47. The second kappa shape index (κ2) is 5.49. The predicted molar refractivity (Wildman–Crippen MR) is 85.2 cm³/mol. The SMILES string of the molecule is Cn1nccc1-c1cccc(-c2noc(-c3ccccn3)n2)c1. The quantitative estimate of drug-likeness (QED) is 0.581. The van der Waals surface area contributed by atoms with Crippen LogP contribution in [0.5, 0.6) is 0 Å². The molecule has 0 atom stereocenters. The molecular formula is C17H13N5O. The van der Waals surface area contributed by atoms with Crippen molar-refractivity contribution in [3.05, 3.63) is 60.9 Å². The monoisotopic (exact) mass is 303 g/mol. The summed E-state index contributed by atoms with van der Waals surface area (Å²) in [6.45, 7) is 0. The minimum absolute atomic E-state index is 0.409. The molecule has 0 aliphatic rings. The second-order valence-electron chi connectivity index (χ2n) is 5.06. The maximum Gasteiger partial charge on any atom is 0.276 e. The van der Waals surface area contributed by atoms with Gasteiger partial charge < -0.3 is 4.52 Å². The van der Waals surface area contributed by atoms with Gasteiger partial charge >= 0.3 is 0 Å². The zero-order chi connectivity index (χ0) is 15.6. The first-order valence-electron chi connectivity index (χ1n) is 7.15. The van der Waals surface area contributed by atoms with Crippen LogP contribution in [0, 0.1) is 0 Å². The van der Waals surface area contributed by atoms with Crippen molar-refractivity contribution in [2.75, 3.05) is 0 Å². The molecule has 0 aliphatic heterocycles. The molecule has 0 fully saturated rings. The summed E-state index contributed by atoms with van der Waals surface area (Å²) in [6, 6.07) is 15.5. The van der Waals surface area contributed by atoms with Gasteiger partial charge in [0, 0.05) is 30.6 Å². The maximum absolute atomic E-state index is 5.32. The highest BCUT2D eigenvalue weighted by molar-refractivity contribution is 5.68. The minimum Gasteiger partial charge on any atom is -0.332 e. The van der Waals surface area contributed by atoms with Crippen molar-refractivity contribution < 1.29 is 4.52 Å². The summed E-state index contributed by atoms with van der Waals surface area (Å²) in [7, 11) is 1.91. The summed E-state index contributed by atoms with van der Waals surface area (Å²) in [5.74, 6) is 0.946. The number of rotatable bonds is 3. The van der Waals surface area contributed by atoms with Crippen molar-refractivity contribution in [1.82, 2.24) is 24.9 Å². The van der Waals surface area contributed by atoms with E-state index in [1.165, 1.54) is 0 Å². The van der Waals surface area contributed by atoms with E-state index in [1.54, 1.807) is 12.4 Å². The number of pyridine rings is 1. The molecule has 3 heterocycles. The first kappa shape index (κ1) is 13.4. The fraction of sp³-hybridized carbons (Fsp3) is 0.0588. The molecule has 0 aliphatic carbocycles. The van der Waals surface area contributed by atoms with Crippen LogP contribution in [0.3, 0.4) is 0 Å². The molecule has 0 radical (unpaired) electrons. The fourth-order valence-corrected chi connectivity index (χ4v) is 2.41. The largest absolute Gasteiger partial charge is 0.332 e. The lowest BCUT2D eigenvalue weighted by Crippen LogP contribution is -1.93. The van der Waals surface area contributed by atoms with Crippen LogP contribution in [0.15, 0.2) is 65.4 Å². The van der Waals surface area contributed by atoms with Crippen LogP contribution >= 0.6 is 0 Å². The van der Waals surface area contributed by atoms with Crippen LogP contribution in [0.4, 0.5) is 0 Å². The van der Waals surface area contributed by atoms with Gasteiger partial charge in [0.25, 0.3) is 5.89 Å². The molecule has 112 valence electrons. The number of hydrogen-bond donors (Lipinski definition) is 0. The minimum atomic E-state index is 0.409. The highest BCUT2D eigenvalue weighted by Crippen LogP contribution is 2.25. The van der Waals surface area contributed by atoms with Gasteiger partial charge in [-0.25, -0.2) is 0 Å². The van der Waals surface area contributed by atoms with Crippen LogP contribution in [0.2, 0.25) is 0 Å². The lowest BCUT2D eigenvalue weighted by Gasteiger charge is -2.03. The Kier molecular flexibility index (Phi) is 3.20. The highest BCUT2D eigenvalue weighted by Gasteiger charge is 2.12. The zero-order valence-corrected chi connectivity index (χ0v) is 12.4. The van der Waals surface area contributed by atoms with Crippen molar-refractivity contribution in [2.45, 2.75) is 0 Å². The first-order chi connectivity index (χ1) is 11.3. The number of aromatic nitrogens is 5. The molecule has 0 amide bonds. The molecule has 4 rings (SSSR count). The summed E-state index contributed by atoms with van der Waals surface area (Å²) < 4.78 is 7.15. The van der Waals surface area contributed by atoms with Gasteiger partial charge in [0.15, 0.2) is 0 Å². The van der Waals surface area contributed by atoms with Gasteiger partial charge in [0.1, 0.15) is 5.69 Å². The third-order valence-corrected chi connectivity index (χ3v) is 3.55. The van der Waals surface area contributed by atoms with Gasteiger partial charge in [-0.1, -0.05) is 29.4 Å². The lowest BCUT2D eigenvalue weighted by molar-refractivity contribution is 0.431.